The summed E-state index contributed by atoms with van der Waals surface area (Å²) in [5.41, 5.74) is 2.56. The van der Waals surface area contributed by atoms with Crippen molar-refractivity contribution in [2.75, 3.05) is 45.0 Å². The van der Waals surface area contributed by atoms with Crippen molar-refractivity contribution in [3.05, 3.63) is 47.6 Å². The van der Waals surface area contributed by atoms with Gasteiger partial charge in [0, 0.05) is 43.7 Å². The van der Waals surface area contributed by atoms with Gasteiger partial charge in [-0.2, -0.15) is 0 Å². The fraction of sp³-hybridized carbons (Fsp3) is 0.458. The predicted molar refractivity (Wildman–Crippen MR) is 124 cm³/mol. The Morgan fingerprint density at radius 2 is 1.91 bits per heavy atom. The van der Waals surface area contributed by atoms with Gasteiger partial charge in [0.2, 0.25) is 0 Å². The molecule has 2 aliphatic heterocycles. The summed E-state index contributed by atoms with van der Waals surface area (Å²) in [5.74, 6) is 0.677. The predicted octanol–water partition coefficient (Wildman–Crippen LogP) is 2.92. The number of aromatic nitrogens is 1. The van der Waals surface area contributed by atoms with Crippen molar-refractivity contribution in [3.8, 4) is 5.75 Å². The summed E-state index contributed by atoms with van der Waals surface area (Å²) < 4.78 is 11.9. The number of nitrogens with one attached hydrogen (secondary N) is 2. The van der Waals surface area contributed by atoms with Crippen molar-refractivity contribution in [2.45, 2.75) is 26.7 Å². The smallest absolute Gasteiger partial charge is 0.328 e. The molecule has 0 unspecified atom stereocenters. The van der Waals surface area contributed by atoms with Gasteiger partial charge in [-0.25, -0.2) is 4.79 Å². The number of pyridine rings is 1. The molecule has 0 atom stereocenters. The van der Waals surface area contributed by atoms with Crippen LogP contribution in [0.2, 0.25) is 0 Å². The Labute approximate surface area is 193 Å². The number of hydrogen-bond donors (Lipinski definition) is 2. The Hall–Kier alpha value is -3.33. The van der Waals surface area contributed by atoms with E-state index in [0.717, 1.165) is 37.3 Å². The highest BCUT2D eigenvalue weighted by Gasteiger charge is 2.29. The summed E-state index contributed by atoms with van der Waals surface area (Å²) in [6, 6.07) is 8.54. The molecule has 1 fully saturated rings. The summed E-state index contributed by atoms with van der Waals surface area (Å²) in [6.45, 7) is 7.15. The molecule has 33 heavy (non-hydrogen) atoms. The van der Waals surface area contributed by atoms with E-state index in [1.165, 1.54) is 11.7 Å². The van der Waals surface area contributed by atoms with E-state index in [1.807, 2.05) is 28.0 Å². The number of fused-ring (bicyclic) bond motifs is 1. The molecule has 0 spiro atoms. The molecule has 9 nitrogen and oxygen atoms in total. The van der Waals surface area contributed by atoms with Crippen LogP contribution in [-0.4, -0.2) is 61.5 Å². The van der Waals surface area contributed by atoms with Gasteiger partial charge in [0.05, 0.1) is 12.2 Å². The number of amides is 2. The first-order chi connectivity index (χ1) is 15.8. The van der Waals surface area contributed by atoms with Gasteiger partial charge < -0.3 is 24.6 Å². The summed E-state index contributed by atoms with van der Waals surface area (Å²) in [7, 11) is 1.48. The lowest BCUT2D eigenvalue weighted by Crippen LogP contribution is -2.41. The molecule has 1 saturated heterocycles. The topological polar surface area (TPSA) is 99.9 Å². The number of piperidine rings is 1. The standard InChI is InChI=1S/C24H31N5O4/c1-24(2)7-10-27(11-8-24)22(30)17-4-5-19-20(14-17)33-13-12-28(19)18-6-9-29(21(25)15-18)23(31)26-16-32-3/h4-6,9,14-15,25H,7-8,10-13,16H2,1-3H3,(H,26,31). The highest BCUT2D eigenvalue weighted by molar-refractivity contribution is 5.95. The van der Waals surface area contributed by atoms with Gasteiger partial charge in [0.1, 0.15) is 24.6 Å². The van der Waals surface area contributed by atoms with Crippen molar-refractivity contribution in [1.29, 1.82) is 5.41 Å². The largest absolute Gasteiger partial charge is 0.490 e. The minimum absolute atomic E-state index is 0.0327. The van der Waals surface area contributed by atoms with E-state index in [4.69, 9.17) is 14.9 Å². The Morgan fingerprint density at radius 3 is 2.61 bits per heavy atom. The van der Waals surface area contributed by atoms with E-state index in [-0.39, 0.29) is 23.5 Å². The lowest BCUT2D eigenvalue weighted by molar-refractivity contribution is 0.0630. The van der Waals surface area contributed by atoms with Gasteiger partial charge in [-0.05, 0) is 42.5 Å². The molecular weight excluding hydrogens is 422 g/mol. The summed E-state index contributed by atoms with van der Waals surface area (Å²) in [5, 5.41) is 10.8. The summed E-state index contributed by atoms with van der Waals surface area (Å²) in [6.07, 6.45) is 3.56. The minimum atomic E-state index is -0.431. The number of methoxy groups -OCH3 is 1. The van der Waals surface area contributed by atoms with Gasteiger partial charge in [-0.15, -0.1) is 0 Å². The molecule has 0 aliphatic carbocycles. The van der Waals surface area contributed by atoms with Gasteiger partial charge in [-0.1, -0.05) is 13.8 Å². The van der Waals surface area contributed by atoms with Crippen molar-refractivity contribution in [3.63, 3.8) is 0 Å². The van der Waals surface area contributed by atoms with E-state index in [2.05, 4.69) is 19.2 Å². The van der Waals surface area contributed by atoms with Crippen LogP contribution in [0.25, 0.3) is 0 Å². The lowest BCUT2D eigenvalue weighted by Gasteiger charge is -2.37. The quantitative estimate of drug-likeness (QED) is 0.694. The fourth-order valence-corrected chi connectivity index (χ4v) is 4.17. The Kier molecular flexibility index (Phi) is 6.42. The fourth-order valence-electron chi connectivity index (χ4n) is 4.17. The number of rotatable bonds is 4. The molecule has 176 valence electrons. The van der Waals surface area contributed by atoms with Crippen LogP contribution in [0.5, 0.6) is 5.75 Å². The number of ether oxygens (including phenoxy) is 2. The molecule has 2 aromatic rings. The van der Waals surface area contributed by atoms with Crippen LogP contribution in [0.4, 0.5) is 16.2 Å². The SMILES string of the molecule is COCNC(=O)n1ccc(N2CCOc3cc(C(=O)N4CCC(C)(C)CC4)ccc32)cc1=N. The third kappa shape index (κ3) is 4.88. The zero-order chi connectivity index (χ0) is 23.6. The molecular formula is C24H31N5O4. The maximum atomic E-state index is 13.1. The second-order valence-corrected chi connectivity index (χ2v) is 9.19. The van der Waals surface area contributed by atoms with Gasteiger partial charge in [0.25, 0.3) is 5.91 Å². The Bertz CT molecular complexity index is 1100. The molecule has 0 saturated carbocycles. The molecule has 1 aromatic heterocycles. The zero-order valence-corrected chi connectivity index (χ0v) is 19.4. The van der Waals surface area contributed by atoms with Gasteiger partial charge >= 0.3 is 6.03 Å². The number of anilines is 2. The van der Waals surface area contributed by atoms with Crippen LogP contribution in [-0.2, 0) is 4.74 Å². The molecule has 9 heteroatoms. The van der Waals surface area contributed by atoms with Crippen LogP contribution in [0.3, 0.4) is 0 Å². The highest BCUT2D eigenvalue weighted by Crippen LogP contribution is 2.37. The number of hydrogen-bond acceptors (Lipinski definition) is 6. The average molecular weight is 454 g/mol. The molecule has 2 amide bonds. The van der Waals surface area contributed by atoms with E-state index in [9.17, 15) is 9.59 Å². The first-order valence-corrected chi connectivity index (χ1v) is 11.2. The number of likely N-dealkylation sites (tertiary alicyclic amines) is 1. The van der Waals surface area contributed by atoms with E-state index >= 15 is 0 Å². The lowest BCUT2D eigenvalue weighted by atomic mass is 9.82. The van der Waals surface area contributed by atoms with E-state index in [1.54, 1.807) is 18.3 Å². The monoisotopic (exact) mass is 453 g/mol. The number of benzene rings is 1. The Morgan fingerprint density at radius 1 is 1.15 bits per heavy atom. The number of carbonyl (C=O) groups excluding carboxylic acids is 2. The molecule has 2 aliphatic rings. The normalized spacial score (nSPS) is 17.2. The van der Waals surface area contributed by atoms with Crippen LogP contribution in [0.1, 0.15) is 37.0 Å². The first kappa shape index (κ1) is 22.8. The van der Waals surface area contributed by atoms with Crippen LogP contribution in [0.15, 0.2) is 36.5 Å². The number of nitrogens with zero attached hydrogens (tertiary/aromatic N) is 3. The zero-order valence-electron chi connectivity index (χ0n) is 19.4. The van der Waals surface area contributed by atoms with E-state index in [0.29, 0.717) is 24.5 Å². The third-order valence-electron chi connectivity index (χ3n) is 6.31. The molecule has 4 rings (SSSR count). The first-order valence-electron chi connectivity index (χ1n) is 11.2. The Balaban J connectivity index is 1.54. The van der Waals surface area contributed by atoms with Crippen LogP contribution >= 0.6 is 0 Å². The van der Waals surface area contributed by atoms with Crippen LogP contribution < -0.4 is 20.4 Å². The van der Waals surface area contributed by atoms with Gasteiger partial charge in [0.15, 0.2) is 0 Å². The average Bonchev–Trinajstić information content (AvgIpc) is 2.81. The minimum Gasteiger partial charge on any atom is -0.490 e. The van der Waals surface area contributed by atoms with Crippen molar-refractivity contribution in [2.24, 2.45) is 5.41 Å². The molecule has 0 bridgehead atoms. The van der Waals surface area contributed by atoms with Gasteiger partial charge in [-0.3, -0.25) is 14.8 Å². The van der Waals surface area contributed by atoms with Crippen LogP contribution in [0, 0.1) is 10.8 Å². The molecule has 3 heterocycles. The van der Waals surface area contributed by atoms with E-state index < -0.39 is 6.03 Å². The van der Waals surface area contributed by atoms with Crippen molar-refractivity contribution in [1.82, 2.24) is 14.8 Å². The summed E-state index contributed by atoms with van der Waals surface area (Å²) >= 11 is 0. The molecule has 2 N–H and O–H groups in total. The maximum Gasteiger partial charge on any atom is 0.328 e. The number of carbonyl (C=O) groups is 2. The van der Waals surface area contributed by atoms with Crippen molar-refractivity contribution < 1.29 is 19.1 Å². The summed E-state index contributed by atoms with van der Waals surface area (Å²) in [4.78, 5) is 29.2. The van der Waals surface area contributed by atoms with Crippen molar-refractivity contribution >= 4 is 23.3 Å². The third-order valence-corrected chi connectivity index (χ3v) is 6.31. The molecule has 0 radical (unpaired) electrons. The highest BCUT2D eigenvalue weighted by atomic mass is 16.5. The molecule has 1 aromatic carbocycles. The maximum absolute atomic E-state index is 13.1. The second kappa shape index (κ2) is 9.27. The second-order valence-electron chi connectivity index (χ2n) is 9.19.